The molecule has 0 aliphatic carbocycles. The number of aromatic nitrogens is 3. The Balaban J connectivity index is 1.67. The Bertz CT molecular complexity index is 927. The van der Waals surface area contributed by atoms with Gasteiger partial charge in [0.1, 0.15) is 18.2 Å². The van der Waals surface area contributed by atoms with Crippen LogP contribution in [0, 0.1) is 20.8 Å². The molecule has 1 aliphatic heterocycles. The van der Waals surface area contributed by atoms with E-state index in [0.29, 0.717) is 12.3 Å². The van der Waals surface area contributed by atoms with Gasteiger partial charge in [0.2, 0.25) is 0 Å². The first-order valence-electron chi connectivity index (χ1n) is 8.69. The van der Waals surface area contributed by atoms with E-state index in [0.717, 1.165) is 47.0 Å². The number of likely N-dealkylation sites (tertiary alicyclic amines) is 1. The van der Waals surface area contributed by atoms with Gasteiger partial charge in [-0.05, 0) is 44.7 Å². The summed E-state index contributed by atoms with van der Waals surface area (Å²) in [6.45, 7) is 7.43. The highest BCUT2D eigenvalue weighted by Crippen LogP contribution is 2.32. The van der Waals surface area contributed by atoms with Gasteiger partial charge in [0, 0.05) is 24.0 Å². The molecule has 6 heteroatoms. The lowest BCUT2D eigenvalue weighted by Gasteiger charge is -2.32. The number of amides is 1. The summed E-state index contributed by atoms with van der Waals surface area (Å²) in [5.74, 6) is 0.434. The summed E-state index contributed by atoms with van der Waals surface area (Å²) in [6.07, 6.45) is 5.21. The first-order valence-corrected chi connectivity index (χ1v) is 8.69. The van der Waals surface area contributed by atoms with E-state index in [1.54, 1.807) is 6.33 Å². The number of nitrogens with zero attached hydrogens (tertiary/aromatic N) is 4. The molecule has 1 atom stereocenters. The average Bonchev–Trinajstić information content (AvgIpc) is 3.27. The van der Waals surface area contributed by atoms with Crippen molar-refractivity contribution in [2.75, 3.05) is 13.1 Å². The van der Waals surface area contributed by atoms with E-state index in [2.05, 4.69) is 23.1 Å². The second-order valence-corrected chi connectivity index (χ2v) is 6.88. The van der Waals surface area contributed by atoms with Crippen LogP contribution in [0.5, 0.6) is 0 Å². The zero-order chi connectivity index (χ0) is 17.6. The number of hydrogen-bond donors (Lipinski definition) is 0. The molecule has 0 N–H and O–H groups in total. The zero-order valence-electron chi connectivity index (χ0n) is 14.8. The molecule has 25 heavy (non-hydrogen) atoms. The predicted molar refractivity (Wildman–Crippen MR) is 94.6 cm³/mol. The summed E-state index contributed by atoms with van der Waals surface area (Å²) in [5, 5.41) is 5.29. The van der Waals surface area contributed by atoms with Crippen LogP contribution in [0.4, 0.5) is 0 Å². The second kappa shape index (κ2) is 6.02. The largest absolute Gasteiger partial charge is 0.450 e. The van der Waals surface area contributed by atoms with Crippen LogP contribution in [0.15, 0.2) is 29.2 Å². The molecule has 3 heterocycles. The van der Waals surface area contributed by atoms with E-state index in [4.69, 9.17) is 4.42 Å². The van der Waals surface area contributed by atoms with Crippen molar-refractivity contribution in [3.05, 3.63) is 47.2 Å². The van der Waals surface area contributed by atoms with Crippen molar-refractivity contribution in [3.63, 3.8) is 0 Å². The summed E-state index contributed by atoms with van der Waals surface area (Å²) >= 11 is 0. The molecular weight excluding hydrogens is 316 g/mol. The minimum absolute atomic E-state index is 0.0303. The first-order chi connectivity index (χ1) is 12.1. The van der Waals surface area contributed by atoms with Gasteiger partial charge in [-0.2, -0.15) is 5.10 Å². The Morgan fingerprint density at radius 3 is 2.76 bits per heavy atom. The van der Waals surface area contributed by atoms with E-state index in [1.165, 1.54) is 6.33 Å². The van der Waals surface area contributed by atoms with Gasteiger partial charge in [-0.1, -0.05) is 12.1 Å². The van der Waals surface area contributed by atoms with Gasteiger partial charge in [-0.25, -0.2) is 9.67 Å². The lowest BCUT2D eigenvalue weighted by Crippen LogP contribution is -2.40. The maximum atomic E-state index is 13.1. The third-order valence-corrected chi connectivity index (χ3v) is 5.17. The van der Waals surface area contributed by atoms with Crippen molar-refractivity contribution in [1.82, 2.24) is 19.7 Å². The standard InChI is InChI=1S/C19H22N4O2/c1-12-6-7-13(2)17-16(12)14(3)18(25-17)19(24)22-8-4-5-15(9-22)23-11-20-10-21-23/h6-7,10-11,15H,4-5,8-9H2,1-3H3. The molecular formula is C19H22N4O2. The highest BCUT2D eigenvalue weighted by Gasteiger charge is 2.29. The molecule has 1 aromatic carbocycles. The van der Waals surface area contributed by atoms with E-state index in [1.807, 2.05) is 29.5 Å². The third-order valence-electron chi connectivity index (χ3n) is 5.17. The van der Waals surface area contributed by atoms with Crippen molar-refractivity contribution in [3.8, 4) is 0 Å². The maximum absolute atomic E-state index is 13.1. The number of carbonyl (C=O) groups excluding carboxylic acids is 1. The number of carbonyl (C=O) groups is 1. The minimum atomic E-state index is -0.0303. The zero-order valence-corrected chi connectivity index (χ0v) is 14.8. The molecule has 6 nitrogen and oxygen atoms in total. The molecule has 1 fully saturated rings. The number of fused-ring (bicyclic) bond motifs is 1. The van der Waals surface area contributed by atoms with Crippen LogP contribution in [0.1, 0.15) is 46.1 Å². The number of aryl methyl sites for hydroxylation is 3. The monoisotopic (exact) mass is 338 g/mol. The van der Waals surface area contributed by atoms with E-state index < -0.39 is 0 Å². The van der Waals surface area contributed by atoms with Crippen LogP contribution in [0.25, 0.3) is 11.0 Å². The number of rotatable bonds is 2. The SMILES string of the molecule is Cc1ccc(C)c2c(C)c(C(=O)N3CCCC(n4cncn4)C3)oc12. The van der Waals surface area contributed by atoms with Crippen molar-refractivity contribution in [2.24, 2.45) is 0 Å². The minimum Gasteiger partial charge on any atom is -0.450 e. The van der Waals surface area contributed by atoms with Crippen LogP contribution in [-0.4, -0.2) is 38.7 Å². The smallest absolute Gasteiger partial charge is 0.289 e. The summed E-state index contributed by atoms with van der Waals surface area (Å²) in [4.78, 5) is 19.0. The van der Waals surface area contributed by atoms with Crippen molar-refractivity contribution < 1.29 is 9.21 Å². The van der Waals surface area contributed by atoms with Crippen LogP contribution in [0.3, 0.4) is 0 Å². The number of piperidine rings is 1. The number of furan rings is 1. The van der Waals surface area contributed by atoms with E-state index in [-0.39, 0.29) is 11.9 Å². The number of benzene rings is 1. The average molecular weight is 338 g/mol. The Morgan fingerprint density at radius 2 is 2.04 bits per heavy atom. The van der Waals surface area contributed by atoms with Gasteiger partial charge in [0.25, 0.3) is 5.91 Å². The molecule has 0 saturated carbocycles. The highest BCUT2D eigenvalue weighted by molar-refractivity contribution is 6.00. The fourth-order valence-electron chi connectivity index (χ4n) is 3.78. The highest BCUT2D eigenvalue weighted by atomic mass is 16.3. The van der Waals surface area contributed by atoms with Crippen LogP contribution in [0.2, 0.25) is 0 Å². The number of hydrogen-bond acceptors (Lipinski definition) is 4. The predicted octanol–water partition coefficient (Wildman–Crippen LogP) is 3.43. The van der Waals surface area contributed by atoms with Crippen LogP contribution >= 0.6 is 0 Å². The van der Waals surface area contributed by atoms with Gasteiger partial charge in [-0.15, -0.1) is 0 Å². The van der Waals surface area contributed by atoms with Crippen molar-refractivity contribution >= 4 is 16.9 Å². The van der Waals surface area contributed by atoms with Gasteiger partial charge in [0.15, 0.2) is 5.76 Å². The quantitative estimate of drug-likeness (QED) is 0.718. The van der Waals surface area contributed by atoms with E-state index in [9.17, 15) is 4.79 Å². The van der Waals surface area contributed by atoms with Crippen LogP contribution in [-0.2, 0) is 0 Å². The molecule has 4 rings (SSSR count). The lowest BCUT2D eigenvalue weighted by molar-refractivity contribution is 0.0642. The van der Waals surface area contributed by atoms with Gasteiger partial charge < -0.3 is 9.32 Å². The van der Waals surface area contributed by atoms with E-state index >= 15 is 0 Å². The Hall–Kier alpha value is -2.63. The van der Waals surface area contributed by atoms with Crippen LogP contribution < -0.4 is 0 Å². The molecule has 1 saturated heterocycles. The molecule has 1 aliphatic rings. The summed E-state index contributed by atoms with van der Waals surface area (Å²) in [5.41, 5.74) is 3.96. The fourth-order valence-corrected chi connectivity index (χ4v) is 3.78. The van der Waals surface area contributed by atoms with Crippen molar-refractivity contribution in [1.29, 1.82) is 0 Å². The van der Waals surface area contributed by atoms with Gasteiger partial charge >= 0.3 is 0 Å². The summed E-state index contributed by atoms with van der Waals surface area (Å²) < 4.78 is 7.87. The Kier molecular flexibility index (Phi) is 3.82. The normalized spacial score (nSPS) is 18.0. The molecule has 1 unspecified atom stereocenters. The third kappa shape index (κ3) is 2.62. The maximum Gasteiger partial charge on any atom is 0.289 e. The van der Waals surface area contributed by atoms with Gasteiger partial charge in [0.05, 0.1) is 6.04 Å². The molecule has 0 bridgehead atoms. The second-order valence-electron chi connectivity index (χ2n) is 6.88. The Morgan fingerprint density at radius 1 is 1.24 bits per heavy atom. The molecule has 130 valence electrons. The first kappa shape index (κ1) is 15.9. The molecule has 0 radical (unpaired) electrons. The molecule has 0 spiro atoms. The molecule has 2 aromatic heterocycles. The van der Waals surface area contributed by atoms with Crippen molar-refractivity contribution in [2.45, 2.75) is 39.7 Å². The van der Waals surface area contributed by atoms with Gasteiger partial charge in [-0.3, -0.25) is 4.79 Å². The lowest BCUT2D eigenvalue weighted by atomic mass is 10.0. The Labute approximate surface area is 146 Å². The summed E-state index contributed by atoms with van der Waals surface area (Å²) in [7, 11) is 0. The fraction of sp³-hybridized carbons (Fsp3) is 0.421. The summed E-state index contributed by atoms with van der Waals surface area (Å²) in [6, 6.07) is 4.29. The molecule has 3 aromatic rings. The topological polar surface area (TPSA) is 64.2 Å². The molecule has 1 amide bonds.